The molecule has 11 nitrogen and oxygen atoms in total. The Morgan fingerprint density at radius 2 is 1.13 bits per heavy atom. The molecule has 0 aromatic heterocycles. The van der Waals surface area contributed by atoms with Gasteiger partial charge in [-0.25, -0.2) is 0 Å². The Balaban J connectivity index is 2.83. The van der Waals surface area contributed by atoms with Crippen LogP contribution in [0.2, 0.25) is 0 Å². The van der Waals surface area contributed by atoms with Crippen molar-refractivity contribution in [3.8, 4) is 0 Å². The largest absolute Gasteiger partial charge is 0.394 e. The molecular weight excluding hydrogens is 672 g/mol. The summed E-state index contributed by atoms with van der Waals surface area (Å²) in [4.78, 5) is 41.2. The molecule has 0 aliphatic carbocycles. The van der Waals surface area contributed by atoms with Gasteiger partial charge in [-0.15, -0.1) is 0 Å². The van der Waals surface area contributed by atoms with E-state index in [1.165, 1.54) is 88.4 Å². The van der Waals surface area contributed by atoms with Crippen LogP contribution in [0.5, 0.6) is 0 Å². The van der Waals surface area contributed by atoms with Crippen molar-refractivity contribution in [3.63, 3.8) is 0 Å². The van der Waals surface area contributed by atoms with Gasteiger partial charge in [0.2, 0.25) is 11.8 Å². The summed E-state index contributed by atoms with van der Waals surface area (Å²) in [6, 6.07) is -1.72. The normalized spacial score (nSPS) is 22.3. The van der Waals surface area contributed by atoms with Crippen LogP contribution >= 0.6 is 0 Å². The lowest BCUT2D eigenvalue weighted by molar-refractivity contribution is -0.291. The Kier molecular flexibility index (Phi) is 28.4. The summed E-state index contributed by atoms with van der Waals surface area (Å²) in [5, 5.41) is 31.9. The Hall–Kier alpha value is -1.73. The number of carbonyl (C=O) groups excluding carboxylic acids is 3. The first-order valence-electron chi connectivity index (χ1n) is 21.5. The lowest BCUT2D eigenvalue weighted by Gasteiger charge is -2.53. The third-order valence-corrected chi connectivity index (χ3v) is 10.8. The molecule has 1 amide bonds. The monoisotopic (exact) mass is 753 g/mol. The molecule has 1 heterocycles. The van der Waals surface area contributed by atoms with E-state index < -0.39 is 60.8 Å². The molecule has 11 heteroatoms. The molecule has 0 aromatic rings. The van der Waals surface area contributed by atoms with Gasteiger partial charge in [-0.05, 0) is 38.5 Å². The van der Waals surface area contributed by atoms with E-state index in [9.17, 15) is 29.7 Å². The summed E-state index contributed by atoms with van der Waals surface area (Å²) in [5.41, 5.74) is 18.2. The van der Waals surface area contributed by atoms with Crippen LogP contribution in [0.25, 0.3) is 0 Å². The minimum atomic E-state index is -2.24. The fourth-order valence-electron chi connectivity index (χ4n) is 7.36. The number of Topliss-reactive ketones (excluding diaryl/α,β-unsaturated/α-hetero) is 2. The number of nitrogens with two attached hydrogens (primary N) is 3. The average molecular weight is 753 g/mol. The molecule has 0 spiro atoms. The number of hydrogen-bond donors (Lipinski definition) is 6. The maximum Gasteiger partial charge on any atom is 0.225 e. The third kappa shape index (κ3) is 19.1. The number of hydrogen-bond acceptors (Lipinski definition) is 10. The summed E-state index contributed by atoms with van der Waals surface area (Å²) in [7, 11) is 0. The molecule has 0 radical (unpaired) electrons. The number of aliphatic hydroxyl groups excluding tert-OH is 3. The van der Waals surface area contributed by atoms with Gasteiger partial charge in [0.15, 0.2) is 11.6 Å². The Labute approximate surface area is 322 Å². The van der Waals surface area contributed by atoms with Gasteiger partial charge in [-0.3, -0.25) is 20.1 Å². The van der Waals surface area contributed by atoms with Gasteiger partial charge >= 0.3 is 0 Å². The number of unbranched alkanes of at least 4 members (excludes halogenated alkanes) is 22. The third-order valence-electron chi connectivity index (χ3n) is 10.8. The minimum Gasteiger partial charge on any atom is -0.394 e. The van der Waals surface area contributed by atoms with Crippen molar-refractivity contribution in [2.75, 3.05) is 19.7 Å². The number of carbonyl (C=O) groups is 3. The van der Waals surface area contributed by atoms with Crippen LogP contribution in [0.1, 0.15) is 181 Å². The second kappa shape index (κ2) is 30.5. The average Bonchev–Trinajstić information content (AvgIpc) is 3.15. The van der Waals surface area contributed by atoms with E-state index in [1.54, 1.807) is 0 Å². The zero-order valence-corrected chi connectivity index (χ0v) is 33.7. The van der Waals surface area contributed by atoms with E-state index in [0.717, 1.165) is 64.2 Å². The molecule has 1 aliphatic rings. The van der Waals surface area contributed by atoms with Gasteiger partial charge in [0.05, 0.1) is 19.3 Å². The number of ether oxygens (including phenoxy) is 1. The smallest absolute Gasteiger partial charge is 0.225 e. The summed E-state index contributed by atoms with van der Waals surface area (Å²) in [5.74, 6) is -6.08. The molecule has 1 fully saturated rings. The van der Waals surface area contributed by atoms with Crippen LogP contribution in [0, 0.1) is 5.92 Å². The van der Waals surface area contributed by atoms with Crippen LogP contribution in [0.4, 0.5) is 0 Å². The molecule has 0 saturated carbocycles. The molecule has 0 bridgehead atoms. The van der Waals surface area contributed by atoms with Crippen molar-refractivity contribution in [3.05, 3.63) is 12.2 Å². The first-order valence-corrected chi connectivity index (χ1v) is 21.5. The molecule has 0 aromatic carbocycles. The van der Waals surface area contributed by atoms with Crippen molar-refractivity contribution in [2.24, 2.45) is 23.1 Å². The molecule has 1 aliphatic heterocycles. The lowest BCUT2D eigenvalue weighted by atomic mass is 9.79. The van der Waals surface area contributed by atoms with Crippen molar-refractivity contribution in [1.29, 1.82) is 0 Å². The van der Waals surface area contributed by atoms with Gasteiger partial charge in [-0.1, -0.05) is 148 Å². The van der Waals surface area contributed by atoms with Crippen molar-refractivity contribution >= 4 is 17.5 Å². The highest BCUT2D eigenvalue weighted by Crippen LogP contribution is 2.36. The Morgan fingerprint density at radius 3 is 1.58 bits per heavy atom. The number of amides is 1. The standard InChI is InChI=1S/C42H80N4O7/c1-3-5-7-9-11-13-15-17-18-19-20-22-24-26-28-30-36(49)46(31-29-27-25-23-21-16-14-12-10-8-6-4-2)42(45)37(40(51)38(44)34(48)32-43)41(52)39(50)35(33-47)53-42/h17-18,35,37-39,41,47,50,52H,3-16,19-33,43-45H2,1-2H3/b18-17-/t35-,37-,38?,39-,41-,42+/m1/s1. The highest BCUT2D eigenvalue weighted by atomic mass is 16.6. The number of nitrogens with zero attached hydrogens (tertiary/aromatic N) is 1. The van der Waals surface area contributed by atoms with Crippen molar-refractivity contribution in [1.82, 2.24) is 4.90 Å². The van der Waals surface area contributed by atoms with E-state index in [2.05, 4.69) is 26.0 Å². The van der Waals surface area contributed by atoms with Crippen LogP contribution in [0.3, 0.4) is 0 Å². The quantitative estimate of drug-likeness (QED) is 0.0187. The molecule has 6 atom stereocenters. The maximum atomic E-state index is 13.9. The molecule has 1 saturated heterocycles. The number of aliphatic hydroxyl groups is 3. The summed E-state index contributed by atoms with van der Waals surface area (Å²) >= 11 is 0. The number of allylic oxidation sites excluding steroid dienone is 2. The van der Waals surface area contributed by atoms with Crippen LogP contribution in [-0.4, -0.2) is 87.6 Å². The molecule has 1 rings (SSSR count). The van der Waals surface area contributed by atoms with E-state index in [1.807, 2.05) is 0 Å². The lowest BCUT2D eigenvalue weighted by Crippen LogP contribution is -2.76. The van der Waals surface area contributed by atoms with E-state index >= 15 is 0 Å². The minimum absolute atomic E-state index is 0.142. The van der Waals surface area contributed by atoms with Gasteiger partial charge in [0.1, 0.15) is 24.2 Å². The molecular formula is C42H80N4O7. The van der Waals surface area contributed by atoms with E-state index in [4.69, 9.17) is 21.9 Å². The van der Waals surface area contributed by atoms with Crippen molar-refractivity contribution in [2.45, 2.75) is 211 Å². The zero-order chi connectivity index (χ0) is 39.3. The second-order valence-electron chi connectivity index (χ2n) is 15.4. The fraction of sp³-hybridized carbons (Fsp3) is 0.881. The van der Waals surface area contributed by atoms with Crippen molar-refractivity contribution < 1.29 is 34.4 Å². The zero-order valence-electron chi connectivity index (χ0n) is 33.7. The SMILES string of the molecule is CCCCCCCC/C=C\CCCCCCCC(=O)N(CCCCCCCCCCCCCC)[C@]1(N)O[C@H](CO)[C@@H](O)[C@H](O)[C@H]1C(=O)C(N)C(=O)CN. The highest BCUT2D eigenvalue weighted by Gasteiger charge is 2.59. The maximum absolute atomic E-state index is 13.9. The predicted octanol–water partition coefficient (Wildman–Crippen LogP) is 6.32. The summed E-state index contributed by atoms with van der Waals surface area (Å²) in [6.07, 6.45) is 28.0. The summed E-state index contributed by atoms with van der Waals surface area (Å²) < 4.78 is 5.97. The molecule has 53 heavy (non-hydrogen) atoms. The number of ketones is 2. The van der Waals surface area contributed by atoms with E-state index in [-0.39, 0.29) is 18.9 Å². The van der Waals surface area contributed by atoms with Crippen LogP contribution < -0.4 is 17.2 Å². The first kappa shape index (κ1) is 49.3. The predicted molar refractivity (Wildman–Crippen MR) is 214 cm³/mol. The highest BCUT2D eigenvalue weighted by molar-refractivity contribution is 6.08. The summed E-state index contributed by atoms with van der Waals surface area (Å²) in [6.45, 7) is 3.39. The molecule has 9 N–H and O–H groups in total. The Bertz CT molecular complexity index is 999. The van der Waals surface area contributed by atoms with Gasteiger partial charge in [0, 0.05) is 13.0 Å². The fourth-order valence-corrected chi connectivity index (χ4v) is 7.36. The van der Waals surface area contributed by atoms with Crippen LogP contribution in [-0.2, 0) is 19.1 Å². The number of rotatable bonds is 34. The van der Waals surface area contributed by atoms with Crippen LogP contribution in [0.15, 0.2) is 12.2 Å². The second-order valence-corrected chi connectivity index (χ2v) is 15.4. The van der Waals surface area contributed by atoms with E-state index in [0.29, 0.717) is 12.8 Å². The Morgan fingerprint density at radius 1 is 0.698 bits per heavy atom. The molecule has 310 valence electrons. The topological polar surface area (TPSA) is 202 Å². The first-order chi connectivity index (χ1) is 25.6. The van der Waals surface area contributed by atoms with Gasteiger partial charge in [0.25, 0.3) is 0 Å². The van der Waals surface area contributed by atoms with Gasteiger partial charge in [-0.2, -0.15) is 0 Å². The molecule has 1 unspecified atom stereocenters. The van der Waals surface area contributed by atoms with Gasteiger partial charge < -0.3 is 36.4 Å².